The zero-order valence-electron chi connectivity index (χ0n) is 24.4. The largest absolute Gasteiger partial charge is 0.406 e. The Kier molecular flexibility index (Phi) is 9.02. The van der Waals surface area contributed by atoms with E-state index < -0.39 is 35.6 Å². The van der Waals surface area contributed by atoms with Gasteiger partial charge in [-0.15, -0.1) is 11.3 Å². The van der Waals surface area contributed by atoms with E-state index in [0.29, 0.717) is 15.8 Å². The number of halogens is 5. The average Bonchev–Trinajstić information content (AvgIpc) is 3.59. The van der Waals surface area contributed by atoms with Gasteiger partial charge in [-0.3, -0.25) is 19.0 Å². The van der Waals surface area contributed by atoms with Crippen molar-refractivity contribution in [3.05, 3.63) is 84.5 Å². The van der Waals surface area contributed by atoms with Crippen LogP contribution < -0.4 is 5.56 Å². The lowest BCUT2D eigenvalue weighted by molar-refractivity contribution is -0.142. The van der Waals surface area contributed by atoms with Crippen LogP contribution in [0.1, 0.15) is 40.4 Å². The van der Waals surface area contributed by atoms with Gasteiger partial charge in [-0.25, -0.2) is 9.37 Å². The molecule has 2 saturated heterocycles. The number of rotatable bonds is 6. The standard InChI is InChI=1S/C31H30F4IN5O4S/c32-23-14-24(36)46-25(23)29(44)39-10-6-20(22(15-39)19-4-2-1-3-5-19)27(42)38-12-8-30(45,9-13-38)16-41-18-37-26-21(28(41)43)7-11-40(26)17-31(33,34)35/h1-5,7,11,14,18,20,22,45H,6,8-10,12-13,15-17H2/t20-,22+/m1/s1. The van der Waals surface area contributed by atoms with Crippen molar-refractivity contribution in [2.45, 2.75) is 50.0 Å². The van der Waals surface area contributed by atoms with Crippen molar-refractivity contribution < 1.29 is 32.3 Å². The molecule has 244 valence electrons. The first-order valence-corrected chi connectivity index (χ1v) is 16.6. The molecule has 2 aliphatic rings. The zero-order valence-corrected chi connectivity index (χ0v) is 27.4. The molecule has 2 fully saturated rings. The fraction of sp³-hybridized carbons (Fsp3) is 0.419. The summed E-state index contributed by atoms with van der Waals surface area (Å²) in [6.07, 6.45) is -1.40. The van der Waals surface area contributed by atoms with E-state index in [1.807, 2.05) is 52.9 Å². The SMILES string of the molecule is O=C(c1sc(I)cc1F)N1CC[C@@H](C(=O)N2CCC(O)(Cn3cnc4c(ccn4CC(F)(F)F)c3=O)CC2)[C@H](c2ccccc2)C1. The molecule has 0 radical (unpaired) electrons. The maximum atomic E-state index is 14.4. The molecule has 9 nitrogen and oxygen atoms in total. The Hall–Kier alpha value is -3.31. The van der Waals surface area contributed by atoms with Gasteiger partial charge in [-0.05, 0) is 59.5 Å². The Morgan fingerprint density at radius 2 is 1.78 bits per heavy atom. The van der Waals surface area contributed by atoms with Gasteiger partial charge in [0.15, 0.2) is 0 Å². The van der Waals surface area contributed by atoms with Crippen molar-refractivity contribution >= 4 is 56.8 Å². The second-order valence-corrected chi connectivity index (χ2v) is 14.9. The monoisotopic (exact) mass is 771 g/mol. The van der Waals surface area contributed by atoms with E-state index in [1.165, 1.54) is 22.9 Å². The molecule has 0 spiro atoms. The number of thiophene rings is 1. The number of benzene rings is 1. The van der Waals surface area contributed by atoms with Crippen LogP contribution in [0.25, 0.3) is 11.0 Å². The van der Waals surface area contributed by atoms with Crippen molar-refractivity contribution in [3.8, 4) is 0 Å². The Morgan fingerprint density at radius 1 is 1.07 bits per heavy atom. The van der Waals surface area contributed by atoms with E-state index in [0.717, 1.165) is 27.8 Å². The highest BCUT2D eigenvalue weighted by atomic mass is 127. The summed E-state index contributed by atoms with van der Waals surface area (Å²) in [5.74, 6) is -1.77. The van der Waals surface area contributed by atoms with Crippen LogP contribution in [0.15, 0.2) is 59.8 Å². The van der Waals surface area contributed by atoms with Gasteiger partial charge in [0.05, 0.1) is 20.4 Å². The molecule has 0 bridgehead atoms. The van der Waals surface area contributed by atoms with Gasteiger partial charge in [-0.1, -0.05) is 30.3 Å². The zero-order chi connectivity index (χ0) is 32.8. The maximum absolute atomic E-state index is 14.4. The normalized spacial score (nSPS) is 20.3. The van der Waals surface area contributed by atoms with E-state index >= 15 is 0 Å². The van der Waals surface area contributed by atoms with E-state index in [1.54, 1.807) is 9.80 Å². The molecule has 15 heteroatoms. The molecule has 0 aliphatic carbocycles. The molecule has 1 N–H and O–H groups in total. The molecular weight excluding hydrogens is 741 g/mol. The van der Waals surface area contributed by atoms with Gasteiger partial charge in [-0.2, -0.15) is 13.2 Å². The summed E-state index contributed by atoms with van der Waals surface area (Å²) >= 11 is 3.08. The third-order valence-electron chi connectivity index (χ3n) is 8.86. The molecule has 5 heterocycles. The number of aliphatic hydroxyl groups is 1. The minimum atomic E-state index is -4.47. The molecule has 2 aliphatic heterocycles. The first-order chi connectivity index (χ1) is 21.8. The predicted octanol–water partition coefficient (Wildman–Crippen LogP) is 4.87. The summed E-state index contributed by atoms with van der Waals surface area (Å²) in [5.41, 5.74) is -1.06. The van der Waals surface area contributed by atoms with Crippen LogP contribution in [0.4, 0.5) is 17.6 Å². The van der Waals surface area contributed by atoms with Crippen LogP contribution in [0.5, 0.6) is 0 Å². The van der Waals surface area contributed by atoms with E-state index in [2.05, 4.69) is 4.98 Å². The molecule has 6 rings (SSSR count). The maximum Gasteiger partial charge on any atom is 0.406 e. The average molecular weight is 772 g/mol. The molecule has 1 aromatic carbocycles. The number of hydrogen-bond acceptors (Lipinski definition) is 6. The molecule has 4 aromatic rings. The number of amides is 2. The van der Waals surface area contributed by atoms with Crippen molar-refractivity contribution in [1.82, 2.24) is 23.9 Å². The van der Waals surface area contributed by atoms with Crippen LogP contribution in [0.2, 0.25) is 0 Å². The molecule has 2 atom stereocenters. The fourth-order valence-corrected chi connectivity index (χ4v) is 8.16. The number of piperidine rings is 2. The third kappa shape index (κ3) is 6.72. The fourth-order valence-electron chi connectivity index (χ4n) is 6.49. The summed E-state index contributed by atoms with van der Waals surface area (Å²) in [4.78, 5) is 47.7. The Labute approximate surface area is 278 Å². The van der Waals surface area contributed by atoms with E-state index in [4.69, 9.17) is 0 Å². The molecular formula is C31H30F4IN5O4S. The lowest BCUT2D eigenvalue weighted by Crippen LogP contribution is -2.53. The lowest BCUT2D eigenvalue weighted by Gasteiger charge is -2.43. The molecule has 46 heavy (non-hydrogen) atoms. The van der Waals surface area contributed by atoms with Crippen LogP contribution in [0, 0.1) is 14.6 Å². The quantitative estimate of drug-likeness (QED) is 0.223. The Morgan fingerprint density at radius 3 is 2.43 bits per heavy atom. The number of carbonyl (C=O) groups excluding carboxylic acids is 2. The summed E-state index contributed by atoms with van der Waals surface area (Å²) in [6.45, 7) is -0.357. The summed E-state index contributed by atoms with van der Waals surface area (Å²) in [7, 11) is 0. The van der Waals surface area contributed by atoms with Gasteiger partial charge in [0.2, 0.25) is 5.91 Å². The van der Waals surface area contributed by atoms with Crippen LogP contribution >= 0.6 is 33.9 Å². The second-order valence-electron chi connectivity index (χ2n) is 11.9. The summed E-state index contributed by atoms with van der Waals surface area (Å²) < 4.78 is 55.9. The Bertz CT molecular complexity index is 1820. The van der Waals surface area contributed by atoms with Crippen molar-refractivity contribution in [2.75, 3.05) is 26.2 Å². The van der Waals surface area contributed by atoms with E-state index in [9.17, 15) is 37.1 Å². The van der Waals surface area contributed by atoms with Crippen LogP contribution in [0.3, 0.4) is 0 Å². The number of likely N-dealkylation sites (tertiary alicyclic amines) is 2. The van der Waals surface area contributed by atoms with Crippen molar-refractivity contribution in [1.29, 1.82) is 0 Å². The number of hydrogen-bond donors (Lipinski definition) is 1. The highest BCUT2D eigenvalue weighted by Gasteiger charge is 2.42. The molecule has 0 saturated carbocycles. The van der Waals surface area contributed by atoms with Crippen LogP contribution in [-0.4, -0.2) is 78.8 Å². The topological polar surface area (TPSA) is 101 Å². The van der Waals surface area contributed by atoms with Gasteiger partial charge in [0.1, 0.15) is 29.2 Å². The summed E-state index contributed by atoms with van der Waals surface area (Å²) in [5, 5.41) is 11.4. The Balaban J connectivity index is 1.14. The first-order valence-electron chi connectivity index (χ1n) is 14.7. The minimum absolute atomic E-state index is 0.0243. The summed E-state index contributed by atoms with van der Waals surface area (Å²) in [6, 6.07) is 12.1. The minimum Gasteiger partial charge on any atom is -0.388 e. The number of aromatic nitrogens is 3. The van der Waals surface area contributed by atoms with Crippen LogP contribution in [-0.2, 0) is 17.9 Å². The highest BCUT2D eigenvalue weighted by molar-refractivity contribution is 14.1. The molecule has 0 unspecified atom stereocenters. The van der Waals surface area contributed by atoms with Crippen molar-refractivity contribution in [3.63, 3.8) is 0 Å². The smallest absolute Gasteiger partial charge is 0.388 e. The second kappa shape index (κ2) is 12.7. The molecule has 2 amide bonds. The molecule has 3 aromatic heterocycles. The number of nitrogens with zero attached hydrogens (tertiary/aromatic N) is 5. The predicted molar refractivity (Wildman–Crippen MR) is 171 cm³/mol. The lowest BCUT2D eigenvalue weighted by atomic mass is 9.79. The number of alkyl halides is 3. The van der Waals surface area contributed by atoms with Gasteiger partial charge in [0.25, 0.3) is 11.5 Å². The van der Waals surface area contributed by atoms with Crippen molar-refractivity contribution in [2.24, 2.45) is 5.92 Å². The van der Waals surface area contributed by atoms with Gasteiger partial charge < -0.3 is 19.5 Å². The highest BCUT2D eigenvalue weighted by Crippen LogP contribution is 2.37. The van der Waals surface area contributed by atoms with Gasteiger partial charge in [0, 0.05) is 44.2 Å². The third-order valence-corrected chi connectivity index (χ3v) is 10.7. The van der Waals surface area contributed by atoms with E-state index in [-0.39, 0.29) is 72.7 Å². The first kappa shape index (κ1) is 32.6. The number of fused-ring (bicyclic) bond motifs is 1. The van der Waals surface area contributed by atoms with Gasteiger partial charge >= 0.3 is 6.18 Å². The number of carbonyl (C=O) groups is 2.